The Morgan fingerprint density at radius 1 is 1.59 bits per heavy atom. The Labute approximate surface area is 96.3 Å². The molecule has 0 aliphatic heterocycles. The molecule has 0 aromatic carbocycles. The van der Waals surface area contributed by atoms with E-state index in [1.165, 1.54) is 18.5 Å². The van der Waals surface area contributed by atoms with Crippen LogP contribution < -0.4 is 5.73 Å². The summed E-state index contributed by atoms with van der Waals surface area (Å²) in [5.41, 5.74) is 13.5. The van der Waals surface area contributed by atoms with E-state index in [2.05, 4.69) is 15.0 Å². The predicted molar refractivity (Wildman–Crippen MR) is 57.7 cm³/mol. The Morgan fingerprint density at radius 2 is 2.29 bits per heavy atom. The minimum Gasteiger partial charge on any atom is -0.390 e. The minimum atomic E-state index is -1.30. The van der Waals surface area contributed by atoms with Crippen LogP contribution in [0.5, 0.6) is 0 Å². The highest BCUT2D eigenvalue weighted by molar-refractivity contribution is 5.92. The van der Waals surface area contributed by atoms with Crippen molar-refractivity contribution >= 4 is 5.91 Å². The van der Waals surface area contributed by atoms with Crippen LogP contribution in [-0.4, -0.2) is 33.8 Å². The fourth-order valence-corrected chi connectivity index (χ4v) is 1.20. The summed E-state index contributed by atoms with van der Waals surface area (Å²) in [5, 5.41) is 22.3. The van der Waals surface area contributed by atoms with E-state index < -0.39 is 18.1 Å². The van der Waals surface area contributed by atoms with Crippen molar-refractivity contribution in [2.24, 2.45) is 10.8 Å². The zero-order chi connectivity index (χ0) is 12.8. The summed E-state index contributed by atoms with van der Waals surface area (Å²) in [6.45, 7) is -0.279. The molecule has 17 heavy (non-hydrogen) atoms. The maximum Gasteiger partial charge on any atom is 0.250 e. The monoisotopic (exact) mass is 237 g/mol. The first-order chi connectivity index (χ1) is 8.06. The fraction of sp³-hybridized carbons (Fsp3) is 0.333. The number of azide groups is 1. The lowest BCUT2D eigenvalue weighted by atomic mass is 10.0. The quantitative estimate of drug-likeness (QED) is 0.372. The molecule has 0 saturated heterocycles. The van der Waals surface area contributed by atoms with Crippen LogP contribution in [0.4, 0.5) is 0 Å². The van der Waals surface area contributed by atoms with Crippen LogP contribution in [0, 0.1) is 0 Å². The Balaban J connectivity index is 2.87. The lowest BCUT2D eigenvalue weighted by Crippen LogP contribution is -2.22. The maximum atomic E-state index is 10.9. The number of hydrogen-bond acceptors (Lipinski definition) is 5. The molecule has 0 radical (unpaired) electrons. The van der Waals surface area contributed by atoms with Gasteiger partial charge in [0.2, 0.25) is 5.91 Å². The first kappa shape index (κ1) is 12.9. The van der Waals surface area contributed by atoms with Gasteiger partial charge >= 0.3 is 0 Å². The average Bonchev–Trinajstić information content (AvgIpc) is 2.35. The Kier molecular flexibility index (Phi) is 4.41. The number of nitrogens with two attached hydrogens (primary N) is 1. The van der Waals surface area contributed by atoms with Crippen LogP contribution in [0.15, 0.2) is 23.6 Å². The SMILES string of the molecule is [N-]=[N+]=NCC(O)C(O)c1cncc(C(N)=O)c1. The van der Waals surface area contributed by atoms with Crippen LogP contribution in [-0.2, 0) is 0 Å². The van der Waals surface area contributed by atoms with Gasteiger partial charge in [0.05, 0.1) is 18.2 Å². The van der Waals surface area contributed by atoms with Crippen molar-refractivity contribution in [3.05, 3.63) is 40.0 Å². The van der Waals surface area contributed by atoms with E-state index in [-0.39, 0.29) is 17.7 Å². The van der Waals surface area contributed by atoms with E-state index in [0.29, 0.717) is 0 Å². The van der Waals surface area contributed by atoms with Crippen LogP contribution in [0.1, 0.15) is 22.0 Å². The number of nitrogens with zero attached hydrogens (tertiary/aromatic N) is 4. The first-order valence-electron chi connectivity index (χ1n) is 4.68. The standard InChI is InChI=1S/C9H11N5O3/c10-9(17)6-1-5(2-12-3-6)8(16)7(15)4-13-14-11/h1-3,7-8,15-16H,4H2,(H2,10,17). The highest BCUT2D eigenvalue weighted by Crippen LogP contribution is 2.17. The summed E-state index contributed by atoms with van der Waals surface area (Å²) >= 11 is 0. The van der Waals surface area contributed by atoms with E-state index in [4.69, 9.17) is 11.3 Å². The van der Waals surface area contributed by atoms with Gasteiger partial charge in [-0.1, -0.05) is 5.11 Å². The number of aromatic nitrogens is 1. The van der Waals surface area contributed by atoms with Crippen molar-refractivity contribution < 1.29 is 15.0 Å². The van der Waals surface area contributed by atoms with Gasteiger partial charge in [0.25, 0.3) is 0 Å². The molecule has 0 fully saturated rings. The number of amides is 1. The fourth-order valence-electron chi connectivity index (χ4n) is 1.20. The summed E-state index contributed by atoms with van der Waals surface area (Å²) in [5.74, 6) is -0.684. The molecule has 8 nitrogen and oxygen atoms in total. The van der Waals surface area contributed by atoms with Gasteiger partial charge in [0.15, 0.2) is 0 Å². The first-order valence-corrected chi connectivity index (χ1v) is 4.68. The molecule has 0 saturated carbocycles. The van der Waals surface area contributed by atoms with Crippen molar-refractivity contribution in [2.45, 2.75) is 12.2 Å². The molecule has 0 spiro atoms. The molecule has 0 aliphatic rings. The molecule has 1 rings (SSSR count). The number of carbonyl (C=O) groups excluding carboxylic acids is 1. The number of aliphatic hydroxyl groups is 2. The molecule has 0 bridgehead atoms. The molecule has 2 atom stereocenters. The molecular formula is C9H11N5O3. The van der Waals surface area contributed by atoms with Crippen molar-refractivity contribution in [2.75, 3.05) is 6.54 Å². The number of hydrogen-bond donors (Lipinski definition) is 3. The van der Waals surface area contributed by atoms with E-state index in [9.17, 15) is 15.0 Å². The van der Waals surface area contributed by atoms with Crippen molar-refractivity contribution in [1.82, 2.24) is 4.98 Å². The van der Waals surface area contributed by atoms with Gasteiger partial charge < -0.3 is 15.9 Å². The third-order valence-corrected chi connectivity index (χ3v) is 2.08. The molecule has 1 heterocycles. The lowest BCUT2D eigenvalue weighted by Gasteiger charge is -2.16. The minimum absolute atomic E-state index is 0.123. The highest BCUT2D eigenvalue weighted by Gasteiger charge is 2.18. The van der Waals surface area contributed by atoms with Crippen molar-refractivity contribution in [1.29, 1.82) is 0 Å². The maximum absolute atomic E-state index is 10.9. The van der Waals surface area contributed by atoms with Gasteiger partial charge in [-0.2, -0.15) is 0 Å². The van der Waals surface area contributed by atoms with E-state index in [1.807, 2.05) is 0 Å². The number of rotatable bonds is 5. The van der Waals surface area contributed by atoms with Gasteiger partial charge in [0, 0.05) is 22.9 Å². The van der Waals surface area contributed by atoms with Gasteiger partial charge in [-0.3, -0.25) is 9.78 Å². The van der Waals surface area contributed by atoms with Crippen LogP contribution in [0.25, 0.3) is 10.4 Å². The molecule has 4 N–H and O–H groups in total. The third-order valence-electron chi connectivity index (χ3n) is 2.08. The van der Waals surface area contributed by atoms with Gasteiger partial charge in [-0.05, 0) is 11.6 Å². The van der Waals surface area contributed by atoms with E-state index in [0.717, 1.165) is 0 Å². The molecule has 2 unspecified atom stereocenters. The molecule has 1 amide bonds. The summed E-state index contributed by atoms with van der Waals surface area (Å²) in [7, 11) is 0. The van der Waals surface area contributed by atoms with E-state index >= 15 is 0 Å². The Morgan fingerprint density at radius 3 is 2.88 bits per heavy atom. The second kappa shape index (κ2) is 5.80. The molecule has 8 heteroatoms. The smallest absolute Gasteiger partial charge is 0.250 e. The normalized spacial score (nSPS) is 13.5. The number of carbonyl (C=O) groups is 1. The summed E-state index contributed by atoms with van der Waals surface area (Å²) in [4.78, 5) is 17.1. The number of pyridine rings is 1. The van der Waals surface area contributed by atoms with Crippen LogP contribution >= 0.6 is 0 Å². The Bertz CT molecular complexity index is 458. The Hall–Kier alpha value is -2.15. The average molecular weight is 237 g/mol. The van der Waals surface area contributed by atoms with Gasteiger partial charge in [-0.15, -0.1) is 0 Å². The van der Waals surface area contributed by atoms with Crippen LogP contribution in [0.2, 0.25) is 0 Å². The summed E-state index contributed by atoms with van der Waals surface area (Å²) in [6.07, 6.45) is -0.0301. The lowest BCUT2D eigenvalue weighted by molar-refractivity contribution is 0.0241. The van der Waals surface area contributed by atoms with E-state index in [1.54, 1.807) is 0 Å². The number of aliphatic hydroxyl groups excluding tert-OH is 2. The highest BCUT2D eigenvalue weighted by atomic mass is 16.3. The topological polar surface area (TPSA) is 145 Å². The summed E-state index contributed by atoms with van der Waals surface area (Å²) < 4.78 is 0. The van der Waals surface area contributed by atoms with Crippen LogP contribution in [0.3, 0.4) is 0 Å². The largest absolute Gasteiger partial charge is 0.390 e. The molecule has 90 valence electrons. The second-order valence-electron chi connectivity index (χ2n) is 3.30. The van der Waals surface area contributed by atoms with Crippen molar-refractivity contribution in [3.63, 3.8) is 0 Å². The molecular weight excluding hydrogens is 226 g/mol. The number of primary amides is 1. The third kappa shape index (κ3) is 3.42. The predicted octanol–water partition coefficient (Wildman–Crippen LogP) is -0.115. The molecule has 0 aliphatic carbocycles. The second-order valence-corrected chi connectivity index (χ2v) is 3.30. The molecule has 1 aromatic rings. The summed E-state index contributed by atoms with van der Waals surface area (Å²) in [6, 6.07) is 1.32. The van der Waals surface area contributed by atoms with Gasteiger partial charge in [0.1, 0.15) is 6.10 Å². The zero-order valence-electron chi connectivity index (χ0n) is 8.76. The zero-order valence-corrected chi connectivity index (χ0v) is 8.76. The molecule has 1 aromatic heterocycles. The van der Waals surface area contributed by atoms with Gasteiger partial charge in [-0.25, -0.2) is 0 Å². The van der Waals surface area contributed by atoms with Crippen molar-refractivity contribution in [3.8, 4) is 0 Å².